The average molecular weight is 264 g/mol. The van der Waals surface area contributed by atoms with Gasteiger partial charge in [0.25, 0.3) is 0 Å². The summed E-state index contributed by atoms with van der Waals surface area (Å²) in [7, 11) is 4.17. The van der Waals surface area contributed by atoms with Crippen molar-refractivity contribution < 1.29 is 0 Å². The molecule has 0 bridgehead atoms. The second-order valence-corrected chi connectivity index (χ2v) is 6.97. The number of aromatic nitrogens is 2. The lowest BCUT2D eigenvalue weighted by atomic mass is 9.69. The van der Waals surface area contributed by atoms with E-state index in [1.165, 1.54) is 31.2 Å². The second-order valence-electron chi connectivity index (χ2n) is 6.97. The van der Waals surface area contributed by atoms with Gasteiger partial charge in [0.15, 0.2) is 0 Å². The van der Waals surface area contributed by atoms with Gasteiger partial charge in [0.2, 0.25) is 0 Å². The summed E-state index contributed by atoms with van der Waals surface area (Å²) in [6, 6.07) is 0. The van der Waals surface area contributed by atoms with Crippen LogP contribution in [0.15, 0.2) is 12.4 Å². The third kappa shape index (κ3) is 3.18. The highest BCUT2D eigenvalue weighted by atomic mass is 15.2. The maximum Gasteiger partial charge on any atom is 0.0534 e. The van der Waals surface area contributed by atoms with Crippen molar-refractivity contribution in [2.75, 3.05) is 13.6 Å². The van der Waals surface area contributed by atoms with E-state index < -0.39 is 0 Å². The topological polar surface area (TPSA) is 47.1 Å². The molecule has 0 aliphatic heterocycles. The minimum Gasteiger partial charge on any atom is -0.329 e. The van der Waals surface area contributed by atoms with Crippen molar-refractivity contribution in [3.8, 4) is 0 Å². The lowest BCUT2D eigenvalue weighted by molar-refractivity contribution is 0.0364. The molecule has 19 heavy (non-hydrogen) atoms. The second kappa shape index (κ2) is 5.25. The summed E-state index contributed by atoms with van der Waals surface area (Å²) < 4.78 is 1.86. The van der Waals surface area contributed by atoms with E-state index in [9.17, 15) is 0 Å². The van der Waals surface area contributed by atoms with Gasteiger partial charge in [0, 0.05) is 37.4 Å². The first kappa shape index (κ1) is 14.5. The van der Waals surface area contributed by atoms with Crippen LogP contribution in [-0.4, -0.2) is 33.8 Å². The molecule has 4 heteroatoms. The minimum absolute atomic E-state index is 0.172. The maximum atomic E-state index is 6.12. The molecule has 0 spiro atoms. The SMILES string of the molecule is CN(Cc1cnn(C)c1)C1(CN)CCC(C)(C)CC1. The molecule has 108 valence electrons. The van der Waals surface area contributed by atoms with Crippen molar-refractivity contribution in [3.05, 3.63) is 18.0 Å². The van der Waals surface area contributed by atoms with Crippen molar-refractivity contribution >= 4 is 0 Å². The fourth-order valence-electron chi connectivity index (χ4n) is 3.13. The molecule has 1 heterocycles. The molecule has 1 fully saturated rings. The molecule has 1 aliphatic rings. The quantitative estimate of drug-likeness (QED) is 0.906. The lowest BCUT2D eigenvalue weighted by Crippen LogP contribution is -2.54. The van der Waals surface area contributed by atoms with E-state index >= 15 is 0 Å². The molecule has 1 aromatic heterocycles. The van der Waals surface area contributed by atoms with Crippen LogP contribution in [0.2, 0.25) is 0 Å². The van der Waals surface area contributed by atoms with Crippen molar-refractivity contribution in [3.63, 3.8) is 0 Å². The Bertz CT molecular complexity index is 412. The lowest BCUT2D eigenvalue weighted by Gasteiger charge is -2.48. The van der Waals surface area contributed by atoms with Crippen LogP contribution in [0.3, 0.4) is 0 Å². The van der Waals surface area contributed by atoms with E-state index in [4.69, 9.17) is 5.73 Å². The highest BCUT2D eigenvalue weighted by molar-refractivity contribution is 5.06. The third-order valence-corrected chi connectivity index (χ3v) is 4.90. The van der Waals surface area contributed by atoms with E-state index in [2.05, 4.69) is 37.1 Å². The van der Waals surface area contributed by atoms with Crippen LogP contribution < -0.4 is 5.73 Å². The first-order valence-corrected chi connectivity index (χ1v) is 7.26. The highest BCUT2D eigenvalue weighted by Crippen LogP contribution is 2.42. The number of nitrogens with two attached hydrogens (primary N) is 1. The van der Waals surface area contributed by atoms with Gasteiger partial charge in [0.05, 0.1) is 6.20 Å². The Hall–Kier alpha value is -0.870. The monoisotopic (exact) mass is 264 g/mol. The van der Waals surface area contributed by atoms with E-state index in [0.29, 0.717) is 5.41 Å². The van der Waals surface area contributed by atoms with Gasteiger partial charge in [-0.2, -0.15) is 5.10 Å². The number of hydrogen-bond acceptors (Lipinski definition) is 3. The largest absolute Gasteiger partial charge is 0.329 e. The van der Waals surface area contributed by atoms with E-state index in [0.717, 1.165) is 13.1 Å². The number of nitrogens with zero attached hydrogens (tertiary/aromatic N) is 3. The van der Waals surface area contributed by atoms with E-state index in [-0.39, 0.29) is 5.54 Å². The number of rotatable bonds is 4. The molecule has 0 unspecified atom stereocenters. The summed E-state index contributed by atoms with van der Waals surface area (Å²) in [6.07, 6.45) is 8.98. The Kier molecular flexibility index (Phi) is 4.02. The molecule has 1 saturated carbocycles. The van der Waals surface area contributed by atoms with Crippen LogP contribution >= 0.6 is 0 Å². The summed E-state index contributed by atoms with van der Waals surface area (Å²) in [5.41, 5.74) is 8.04. The summed E-state index contributed by atoms with van der Waals surface area (Å²) >= 11 is 0. The first-order chi connectivity index (χ1) is 8.87. The minimum atomic E-state index is 0.172. The number of likely N-dealkylation sites (N-methyl/N-ethyl adjacent to an activating group) is 1. The van der Waals surface area contributed by atoms with Gasteiger partial charge in [0.1, 0.15) is 0 Å². The van der Waals surface area contributed by atoms with E-state index in [1.807, 2.05) is 17.9 Å². The fraction of sp³-hybridized carbons (Fsp3) is 0.800. The molecular formula is C15H28N4. The van der Waals surface area contributed by atoms with Gasteiger partial charge in [-0.3, -0.25) is 9.58 Å². The Morgan fingerprint density at radius 3 is 2.42 bits per heavy atom. The predicted octanol–water partition coefficient (Wildman–Crippen LogP) is 2.15. The predicted molar refractivity (Wildman–Crippen MR) is 78.7 cm³/mol. The number of aryl methyl sites for hydroxylation is 1. The normalized spacial score (nSPS) is 21.8. The molecular weight excluding hydrogens is 236 g/mol. The molecule has 0 saturated heterocycles. The van der Waals surface area contributed by atoms with Crippen LogP contribution in [0.5, 0.6) is 0 Å². The maximum absolute atomic E-state index is 6.12. The van der Waals surface area contributed by atoms with Gasteiger partial charge in [-0.25, -0.2) is 0 Å². The molecule has 2 rings (SSSR count). The highest BCUT2D eigenvalue weighted by Gasteiger charge is 2.40. The first-order valence-electron chi connectivity index (χ1n) is 7.26. The molecule has 1 aromatic rings. The summed E-state index contributed by atoms with van der Waals surface area (Å²) in [5, 5.41) is 4.25. The Morgan fingerprint density at radius 2 is 1.95 bits per heavy atom. The van der Waals surface area contributed by atoms with Gasteiger partial charge in [-0.15, -0.1) is 0 Å². The van der Waals surface area contributed by atoms with Crippen molar-refractivity contribution in [2.45, 2.75) is 51.6 Å². The fourth-order valence-corrected chi connectivity index (χ4v) is 3.13. The zero-order chi connectivity index (χ0) is 14.1. The zero-order valence-electron chi connectivity index (χ0n) is 12.8. The average Bonchev–Trinajstić information content (AvgIpc) is 2.75. The zero-order valence-corrected chi connectivity index (χ0v) is 12.8. The summed E-state index contributed by atoms with van der Waals surface area (Å²) in [5.74, 6) is 0. The molecule has 0 aromatic carbocycles. The van der Waals surface area contributed by atoms with Gasteiger partial charge < -0.3 is 5.73 Å². The van der Waals surface area contributed by atoms with Crippen molar-refractivity contribution in [1.82, 2.24) is 14.7 Å². The Balaban J connectivity index is 2.05. The van der Waals surface area contributed by atoms with Gasteiger partial charge >= 0.3 is 0 Å². The van der Waals surface area contributed by atoms with Gasteiger partial charge in [-0.1, -0.05) is 13.8 Å². The smallest absolute Gasteiger partial charge is 0.0534 e. The van der Waals surface area contributed by atoms with Crippen molar-refractivity contribution in [2.24, 2.45) is 18.2 Å². The molecule has 1 aliphatic carbocycles. The van der Waals surface area contributed by atoms with Crippen molar-refractivity contribution in [1.29, 1.82) is 0 Å². The van der Waals surface area contributed by atoms with Crippen LogP contribution in [0, 0.1) is 5.41 Å². The molecule has 0 atom stereocenters. The summed E-state index contributed by atoms with van der Waals surface area (Å²) in [4.78, 5) is 2.44. The molecule has 0 amide bonds. The van der Waals surface area contributed by atoms with Crippen LogP contribution in [-0.2, 0) is 13.6 Å². The summed E-state index contributed by atoms with van der Waals surface area (Å²) in [6.45, 7) is 6.43. The van der Waals surface area contributed by atoms with Crippen LogP contribution in [0.25, 0.3) is 0 Å². The Morgan fingerprint density at radius 1 is 1.32 bits per heavy atom. The molecule has 0 radical (unpaired) electrons. The van der Waals surface area contributed by atoms with Crippen LogP contribution in [0.1, 0.15) is 45.1 Å². The standard InChI is InChI=1S/C15H28N4/c1-14(2)5-7-15(12-16,8-6-14)18(3)10-13-9-17-19(4)11-13/h9,11H,5-8,10,12,16H2,1-4H3. The van der Waals surface area contributed by atoms with Gasteiger partial charge in [-0.05, 0) is 38.1 Å². The molecule has 4 nitrogen and oxygen atoms in total. The number of hydrogen-bond donors (Lipinski definition) is 1. The van der Waals surface area contributed by atoms with E-state index in [1.54, 1.807) is 0 Å². The Labute approximate surface area is 117 Å². The van der Waals surface area contributed by atoms with Crippen LogP contribution in [0.4, 0.5) is 0 Å². The third-order valence-electron chi connectivity index (χ3n) is 4.90. The molecule has 2 N–H and O–H groups in total.